The van der Waals surface area contributed by atoms with Gasteiger partial charge in [0.15, 0.2) is 0 Å². The smallest absolute Gasteiger partial charge is 0.0497 e. The molecule has 11 heavy (non-hydrogen) atoms. The first kappa shape index (κ1) is 10.9. The van der Waals surface area contributed by atoms with Crippen LogP contribution in [0.4, 0.5) is 0 Å². The Hall–Kier alpha value is -0.0800. The standard InChI is InChI=1S/C7H15NO.C2H6/c1-7(6-9)3-4-8(2)5-7;1-2/h9H,3-6H2,1-2H3;1-2H3. The van der Waals surface area contributed by atoms with Gasteiger partial charge < -0.3 is 10.0 Å². The molecule has 1 rings (SSSR count). The first-order chi connectivity index (χ1) is 5.16. The molecule has 0 aromatic carbocycles. The van der Waals surface area contributed by atoms with Gasteiger partial charge in [0.2, 0.25) is 0 Å². The second-order valence-electron chi connectivity index (χ2n) is 3.46. The maximum Gasteiger partial charge on any atom is 0.0497 e. The van der Waals surface area contributed by atoms with Crippen LogP contribution >= 0.6 is 0 Å². The highest BCUT2D eigenvalue weighted by Gasteiger charge is 2.30. The fraction of sp³-hybridized carbons (Fsp3) is 1.00. The zero-order valence-electron chi connectivity index (χ0n) is 8.22. The van der Waals surface area contributed by atoms with Crippen LogP contribution < -0.4 is 0 Å². The van der Waals surface area contributed by atoms with Gasteiger partial charge in [0.25, 0.3) is 0 Å². The average molecular weight is 159 g/mol. The summed E-state index contributed by atoms with van der Waals surface area (Å²) in [4.78, 5) is 2.26. The summed E-state index contributed by atoms with van der Waals surface area (Å²) >= 11 is 0. The van der Waals surface area contributed by atoms with Crippen molar-refractivity contribution in [1.82, 2.24) is 4.90 Å². The summed E-state index contributed by atoms with van der Waals surface area (Å²) in [7, 11) is 2.10. The van der Waals surface area contributed by atoms with E-state index >= 15 is 0 Å². The molecule has 1 N–H and O–H groups in total. The lowest BCUT2D eigenvalue weighted by Crippen LogP contribution is -2.25. The molecule has 0 amide bonds. The van der Waals surface area contributed by atoms with E-state index in [0.29, 0.717) is 6.61 Å². The first-order valence-corrected chi connectivity index (χ1v) is 4.46. The predicted molar refractivity (Wildman–Crippen MR) is 48.7 cm³/mol. The molecule has 2 heteroatoms. The van der Waals surface area contributed by atoms with E-state index in [1.165, 1.54) is 0 Å². The van der Waals surface area contributed by atoms with Gasteiger partial charge in [-0.1, -0.05) is 20.8 Å². The van der Waals surface area contributed by atoms with Crippen LogP contribution in [0.1, 0.15) is 27.2 Å². The Bertz CT molecular complexity index is 106. The van der Waals surface area contributed by atoms with Crippen molar-refractivity contribution in [3.63, 3.8) is 0 Å². The van der Waals surface area contributed by atoms with Crippen LogP contribution in [0.15, 0.2) is 0 Å². The molecule has 1 aliphatic rings. The summed E-state index contributed by atoms with van der Waals surface area (Å²) < 4.78 is 0. The first-order valence-electron chi connectivity index (χ1n) is 4.46. The van der Waals surface area contributed by atoms with Crippen LogP contribution in [0.5, 0.6) is 0 Å². The topological polar surface area (TPSA) is 23.5 Å². The van der Waals surface area contributed by atoms with E-state index in [0.717, 1.165) is 19.5 Å². The van der Waals surface area contributed by atoms with Crippen LogP contribution in [-0.2, 0) is 0 Å². The molecule has 1 unspecified atom stereocenters. The highest BCUT2D eigenvalue weighted by molar-refractivity contribution is 4.83. The third-order valence-corrected chi connectivity index (χ3v) is 2.13. The lowest BCUT2D eigenvalue weighted by molar-refractivity contribution is 0.150. The van der Waals surface area contributed by atoms with Crippen molar-refractivity contribution in [2.45, 2.75) is 27.2 Å². The molecular formula is C9H21NO. The maximum atomic E-state index is 8.92. The van der Waals surface area contributed by atoms with Crippen LogP contribution in [0.2, 0.25) is 0 Å². The van der Waals surface area contributed by atoms with Gasteiger partial charge in [-0.05, 0) is 20.0 Å². The van der Waals surface area contributed by atoms with Crippen molar-refractivity contribution >= 4 is 0 Å². The highest BCUT2D eigenvalue weighted by Crippen LogP contribution is 2.27. The monoisotopic (exact) mass is 159 g/mol. The molecular weight excluding hydrogens is 138 g/mol. The molecule has 1 saturated heterocycles. The van der Waals surface area contributed by atoms with Crippen LogP contribution in [-0.4, -0.2) is 36.8 Å². The molecule has 1 heterocycles. The van der Waals surface area contributed by atoms with Crippen molar-refractivity contribution in [2.75, 3.05) is 26.7 Å². The molecule has 1 atom stereocenters. The van der Waals surface area contributed by atoms with E-state index in [4.69, 9.17) is 5.11 Å². The fourth-order valence-electron chi connectivity index (χ4n) is 1.40. The van der Waals surface area contributed by atoms with Gasteiger partial charge in [0, 0.05) is 18.6 Å². The summed E-state index contributed by atoms with van der Waals surface area (Å²) in [5.41, 5.74) is 0.189. The molecule has 1 aliphatic heterocycles. The second kappa shape index (κ2) is 4.73. The van der Waals surface area contributed by atoms with E-state index in [1.54, 1.807) is 0 Å². The third-order valence-electron chi connectivity index (χ3n) is 2.13. The number of hydrogen-bond acceptors (Lipinski definition) is 2. The third kappa shape index (κ3) is 3.21. The highest BCUT2D eigenvalue weighted by atomic mass is 16.3. The average Bonchev–Trinajstić information content (AvgIpc) is 2.37. The number of aliphatic hydroxyl groups is 1. The van der Waals surface area contributed by atoms with E-state index < -0.39 is 0 Å². The molecule has 2 nitrogen and oxygen atoms in total. The summed E-state index contributed by atoms with van der Waals surface area (Å²) in [6.45, 7) is 8.65. The molecule has 0 aliphatic carbocycles. The summed E-state index contributed by atoms with van der Waals surface area (Å²) in [5.74, 6) is 0. The summed E-state index contributed by atoms with van der Waals surface area (Å²) in [6.07, 6.45) is 1.14. The van der Waals surface area contributed by atoms with Crippen molar-refractivity contribution in [2.24, 2.45) is 5.41 Å². The van der Waals surface area contributed by atoms with Gasteiger partial charge in [-0.25, -0.2) is 0 Å². The van der Waals surface area contributed by atoms with Gasteiger partial charge in [0.05, 0.1) is 0 Å². The van der Waals surface area contributed by atoms with Gasteiger partial charge in [-0.15, -0.1) is 0 Å². The van der Waals surface area contributed by atoms with E-state index in [1.807, 2.05) is 13.8 Å². The van der Waals surface area contributed by atoms with Gasteiger partial charge in [0.1, 0.15) is 0 Å². The molecule has 0 saturated carbocycles. The lowest BCUT2D eigenvalue weighted by atomic mass is 9.91. The normalized spacial score (nSPS) is 31.4. The summed E-state index contributed by atoms with van der Waals surface area (Å²) in [6, 6.07) is 0. The Morgan fingerprint density at radius 1 is 1.45 bits per heavy atom. The Morgan fingerprint density at radius 3 is 2.18 bits per heavy atom. The Balaban J connectivity index is 0.000000461. The second-order valence-corrected chi connectivity index (χ2v) is 3.46. The lowest BCUT2D eigenvalue weighted by Gasteiger charge is -2.19. The molecule has 0 bridgehead atoms. The minimum Gasteiger partial charge on any atom is -0.396 e. The Labute approximate surface area is 70.2 Å². The number of rotatable bonds is 1. The summed E-state index contributed by atoms with van der Waals surface area (Å²) in [5, 5.41) is 8.92. The number of aliphatic hydroxyl groups excluding tert-OH is 1. The van der Waals surface area contributed by atoms with E-state index in [-0.39, 0.29) is 5.41 Å². The van der Waals surface area contributed by atoms with Gasteiger partial charge in [-0.2, -0.15) is 0 Å². The predicted octanol–water partition coefficient (Wildman–Crippen LogP) is 1.35. The quantitative estimate of drug-likeness (QED) is 0.624. The van der Waals surface area contributed by atoms with Crippen LogP contribution in [0, 0.1) is 5.41 Å². The van der Waals surface area contributed by atoms with Crippen molar-refractivity contribution in [1.29, 1.82) is 0 Å². The van der Waals surface area contributed by atoms with Crippen LogP contribution in [0.3, 0.4) is 0 Å². The van der Waals surface area contributed by atoms with Crippen LogP contribution in [0.25, 0.3) is 0 Å². The Kier molecular flexibility index (Phi) is 4.69. The molecule has 0 aromatic rings. The molecule has 68 valence electrons. The maximum absolute atomic E-state index is 8.92. The largest absolute Gasteiger partial charge is 0.396 e. The van der Waals surface area contributed by atoms with E-state index in [2.05, 4.69) is 18.9 Å². The minimum absolute atomic E-state index is 0.189. The van der Waals surface area contributed by atoms with Crippen molar-refractivity contribution in [3.8, 4) is 0 Å². The molecule has 0 aromatic heterocycles. The Morgan fingerprint density at radius 2 is 2.00 bits per heavy atom. The van der Waals surface area contributed by atoms with E-state index in [9.17, 15) is 0 Å². The molecule has 1 fully saturated rings. The minimum atomic E-state index is 0.189. The zero-order chi connectivity index (χ0) is 8.91. The number of nitrogens with zero attached hydrogens (tertiary/aromatic N) is 1. The zero-order valence-corrected chi connectivity index (χ0v) is 8.22. The fourth-order valence-corrected chi connectivity index (χ4v) is 1.40. The van der Waals surface area contributed by atoms with Crippen molar-refractivity contribution < 1.29 is 5.11 Å². The van der Waals surface area contributed by atoms with Gasteiger partial charge >= 0.3 is 0 Å². The number of hydrogen-bond donors (Lipinski definition) is 1. The SMILES string of the molecule is CC.CN1CCC(C)(CO)C1. The van der Waals surface area contributed by atoms with Crippen molar-refractivity contribution in [3.05, 3.63) is 0 Å². The number of likely N-dealkylation sites (tertiary alicyclic amines) is 1. The molecule has 0 spiro atoms. The molecule has 0 radical (unpaired) electrons. The van der Waals surface area contributed by atoms with Gasteiger partial charge in [-0.3, -0.25) is 0 Å².